The Morgan fingerprint density at radius 1 is 0.467 bits per heavy atom. The van der Waals surface area contributed by atoms with E-state index in [4.69, 9.17) is 0 Å². The molecule has 0 atom stereocenters. The van der Waals surface area contributed by atoms with E-state index in [1.807, 2.05) is 14.7 Å². The summed E-state index contributed by atoms with van der Waals surface area (Å²) in [6, 6.07) is 0. The van der Waals surface area contributed by atoms with Crippen LogP contribution >= 0.6 is 0 Å². The van der Waals surface area contributed by atoms with E-state index in [2.05, 4.69) is 9.80 Å². The minimum atomic E-state index is -1.11. The van der Waals surface area contributed by atoms with E-state index < -0.39 is 17.9 Å². The van der Waals surface area contributed by atoms with Gasteiger partial charge in [0.15, 0.2) is 0 Å². The van der Waals surface area contributed by atoms with Gasteiger partial charge in [-0.25, -0.2) is 0 Å². The zero-order valence-electron chi connectivity index (χ0n) is 17.1. The first-order chi connectivity index (χ1) is 13.8. The Balaban J connectivity index is 0.00000450. The van der Waals surface area contributed by atoms with Crippen molar-refractivity contribution in [1.29, 1.82) is 0 Å². The Bertz CT molecular complexity index is 469. The van der Waals surface area contributed by atoms with Crippen molar-refractivity contribution in [2.45, 2.75) is 0 Å². The van der Waals surface area contributed by atoms with Gasteiger partial charge in [-0.3, -0.25) is 24.5 Å². The predicted octanol–water partition coefficient (Wildman–Crippen LogP) is -6.23. The Morgan fingerprint density at radius 2 is 0.667 bits per heavy atom. The number of fused-ring (bicyclic) bond motifs is 12. The third-order valence-electron chi connectivity index (χ3n) is 5.45. The van der Waals surface area contributed by atoms with E-state index in [1.54, 1.807) is 0 Å². The number of carboxylic acid groups (broad SMARTS) is 3. The van der Waals surface area contributed by atoms with Gasteiger partial charge in [-0.2, -0.15) is 0 Å². The van der Waals surface area contributed by atoms with Crippen LogP contribution in [-0.2, 0) is 14.4 Å². The minimum Gasteiger partial charge on any atom is -0.549 e. The van der Waals surface area contributed by atoms with Gasteiger partial charge in [-0.1, -0.05) is 0 Å². The number of hydrogen-bond acceptors (Lipinski definition) is 11. The van der Waals surface area contributed by atoms with E-state index in [0.29, 0.717) is 78.5 Å². The Hall–Kier alpha value is -0.556. The fourth-order valence-electron chi connectivity index (χ4n) is 3.73. The van der Waals surface area contributed by atoms with E-state index >= 15 is 0 Å². The number of rotatable bonds is 6. The molecular formula is C18H30LuN5O6. The molecule has 0 saturated carbocycles. The summed E-state index contributed by atoms with van der Waals surface area (Å²) < 4.78 is 0. The van der Waals surface area contributed by atoms with Crippen molar-refractivity contribution in [3.8, 4) is 0 Å². The molecule has 0 amide bonds. The summed E-state index contributed by atoms with van der Waals surface area (Å²) in [6.45, 7) is 6.49. The number of carbonyl (C=O) groups excluding carboxylic acids is 3. The molecule has 0 aliphatic carbocycles. The van der Waals surface area contributed by atoms with E-state index in [-0.39, 0.29) is 56.5 Å². The molecule has 3 saturated heterocycles. The van der Waals surface area contributed by atoms with Gasteiger partial charge in [0, 0.05) is 98.2 Å². The number of carbonyl (C=O) groups is 3. The first-order valence-electron chi connectivity index (χ1n) is 10.0. The molecule has 12 heteroatoms. The van der Waals surface area contributed by atoms with E-state index in [1.165, 1.54) is 0 Å². The first kappa shape index (κ1) is 27.5. The van der Waals surface area contributed by atoms with Crippen LogP contribution in [0.4, 0.5) is 0 Å². The van der Waals surface area contributed by atoms with Gasteiger partial charge < -0.3 is 29.7 Å². The summed E-state index contributed by atoms with van der Waals surface area (Å²) >= 11 is 0. The van der Waals surface area contributed by atoms with Gasteiger partial charge >= 0.3 is 36.9 Å². The second kappa shape index (κ2) is 14.5. The summed E-state index contributed by atoms with van der Waals surface area (Å²) in [5.41, 5.74) is 0. The first-order valence-corrected chi connectivity index (χ1v) is 10.0. The summed E-state index contributed by atoms with van der Waals surface area (Å²) in [6.07, 6.45) is 0. The zero-order valence-corrected chi connectivity index (χ0v) is 18.7. The molecule has 30 heavy (non-hydrogen) atoms. The quantitative estimate of drug-likeness (QED) is 0.294. The van der Waals surface area contributed by atoms with Crippen LogP contribution in [0.2, 0.25) is 0 Å². The van der Waals surface area contributed by atoms with Gasteiger partial charge in [-0.15, -0.1) is 0 Å². The third kappa shape index (κ3) is 11.2. The molecule has 3 heterocycles. The van der Waals surface area contributed by atoms with Crippen LogP contribution in [0, 0.1) is 36.9 Å². The monoisotopic (exact) mass is 587 g/mol. The van der Waals surface area contributed by atoms with Crippen LogP contribution in [-0.4, -0.2) is 141 Å². The molecular weight excluding hydrogens is 557 g/mol. The third-order valence-corrected chi connectivity index (χ3v) is 5.45. The Labute approximate surface area is 206 Å². The fourth-order valence-corrected chi connectivity index (χ4v) is 3.73. The molecule has 3 rings (SSSR count). The molecule has 3 aliphatic heterocycles. The summed E-state index contributed by atoms with van der Waals surface area (Å²) in [5.74, 6) is -3.33. The molecule has 0 aromatic heterocycles. The van der Waals surface area contributed by atoms with Crippen LogP contribution in [0.1, 0.15) is 0 Å². The van der Waals surface area contributed by atoms with Gasteiger partial charge in [0.2, 0.25) is 0 Å². The SMILES string of the molecule is O=C([O-])CN1CCN2CCN(CC(=O)[O-])CCN(CC1)CCN(CC(=O)[O-])CC2.[Lu+3]. The van der Waals surface area contributed by atoms with Crippen molar-refractivity contribution in [1.82, 2.24) is 24.5 Å². The van der Waals surface area contributed by atoms with Crippen LogP contribution < -0.4 is 15.3 Å². The van der Waals surface area contributed by atoms with Gasteiger partial charge in [0.1, 0.15) is 0 Å². The largest absolute Gasteiger partial charge is 3.00 e. The number of nitrogens with zero attached hydrogens (tertiary/aromatic N) is 5. The minimum absolute atomic E-state index is 0. The van der Waals surface area contributed by atoms with Crippen molar-refractivity contribution in [3.05, 3.63) is 0 Å². The molecule has 0 aromatic rings. The van der Waals surface area contributed by atoms with Gasteiger partial charge in [-0.05, 0) is 0 Å². The van der Waals surface area contributed by atoms with E-state index in [9.17, 15) is 29.7 Å². The van der Waals surface area contributed by atoms with Crippen LogP contribution in [0.5, 0.6) is 0 Å². The van der Waals surface area contributed by atoms with Gasteiger partial charge in [0.05, 0.1) is 17.9 Å². The summed E-state index contributed by atoms with van der Waals surface area (Å²) in [5, 5.41) is 33.3. The maximum atomic E-state index is 11.1. The second-order valence-corrected chi connectivity index (χ2v) is 7.63. The average Bonchev–Trinajstić information content (AvgIpc) is 2.61. The van der Waals surface area contributed by atoms with Crippen molar-refractivity contribution < 1.29 is 66.6 Å². The number of hydrogen-bond donors (Lipinski definition) is 0. The van der Waals surface area contributed by atoms with Gasteiger partial charge in [0.25, 0.3) is 0 Å². The Kier molecular flexibility index (Phi) is 13.3. The van der Waals surface area contributed by atoms with Crippen molar-refractivity contribution in [2.75, 3.05) is 98.2 Å². The smallest absolute Gasteiger partial charge is 0.549 e. The maximum absolute atomic E-state index is 11.1. The molecule has 0 N–H and O–H groups in total. The average molecular weight is 587 g/mol. The molecule has 0 spiro atoms. The zero-order chi connectivity index (χ0) is 21.2. The normalized spacial score (nSPS) is 25.6. The van der Waals surface area contributed by atoms with E-state index in [0.717, 1.165) is 0 Å². The summed E-state index contributed by atoms with van der Waals surface area (Å²) in [4.78, 5) is 43.1. The van der Waals surface area contributed by atoms with Crippen LogP contribution in [0.3, 0.4) is 0 Å². The van der Waals surface area contributed by atoms with Crippen molar-refractivity contribution in [2.24, 2.45) is 0 Å². The predicted molar refractivity (Wildman–Crippen MR) is 97.2 cm³/mol. The van der Waals surface area contributed by atoms with Crippen molar-refractivity contribution in [3.63, 3.8) is 0 Å². The molecule has 11 nitrogen and oxygen atoms in total. The second-order valence-electron chi connectivity index (χ2n) is 7.63. The molecule has 3 aliphatic rings. The topological polar surface area (TPSA) is 137 Å². The molecule has 2 bridgehead atoms. The standard InChI is InChI=1S/C18H33N5O6.Lu/c24-16(25)13-21-7-1-19-2-8-22(14-17(26)27)11-5-20(4-10-21)6-12-23(9-3-19)15-18(28)29;/h1-15H2,(H,24,25)(H,26,27)(H,28,29);/q;+3/p-3. The fraction of sp³-hybridized carbons (Fsp3) is 0.833. The molecule has 3 fully saturated rings. The van der Waals surface area contributed by atoms with Crippen LogP contribution in [0.15, 0.2) is 0 Å². The van der Waals surface area contributed by atoms with Crippen LogP contribution in [0.25, 0.3) is 0 Å². The maximum Gasteiger partial charge on any atom is 3.00 e. The molecule has 0 aromatic carbocycles. The number of carboxylic acids is 3. The molecule has 0 radical (unpaired) electrons. The summed E-state index contributed by atoms with van der Waals surface area (Å²) in [7, 11) is 0. The molecule has 0 unspecified atom stereocenters. The Morgan fingerprint density at radius 3 is 0.833 bits per heavy atom. The van der Waals surface area contributed by atoms with Crippen molar-refractivity contribution >= 4 is 17.9 Å². The molecule has 178 valence electrons. The number of aliphatic carboxylic acids is 3.